The predicted molar refractivity (Wildman–Crippen MR) is 103 cm³/mol. The van der Waals surface area contributed by atoms with Crippen LogP contribution in [-0.2, 0) is 17.9 Å². The summed E-state index contributed by atoms with van der Waals surface area (Å²) in [5.74, 6) is 5.57. The van der Waals surface area contributed by atoms with Gasteiger partial charge in [0.1, 0.15) is 5.82 Å². The summed E-state index contributed by atoms with van der Waals surface area (Å²) in [6.07, 6.45) is 8.55. The monoisotopic (exact) mass is 360 g/mol. The van der Waals surface area contributed by atoms with Gasteiger partial charge in [-0.25, -0.2) is 10.7 Å². The van der Waals surface area contributed by atoms with Gasteiger partial charge in [-0.3, -0.25) is 19.6 Å². The largest absolute Gasteiger partial charge is 0.341 e. The Hall–Kier alpha value is -2.38. The third kappa shape index (κ3) is 6.50. The number of benzene rings is 1. The maximum atomic E-state index is 11.4. The molecule has 2 aromatic rings. The van der Waals surface area contributed by atoms with Crippen molar-refractivity contribution < 1.29 is 4.84 Å². The fourth-order valence-electron chi connectivity index (χ4n) is 2.92. The first kappa shape index (κ1) is 19.9. The van der Waals surface area contributed by atoms with Crippen LogP contribution in [0, 0.1) is 0 Å². The van der Waals surface area contributed by atoms with E-state index in [1.54, 1.807) is 0 Å². The van der Waals surface area contributed by atoms with Crippen LogP contribution in [0.25, 0.3) is 0 Å². The molecule has 0 unspecified atom stereocenters. The van der Waals surface area contributed by atoms with Crippen molar-refractivity contribution in [1.82, 2.24) is 9.97 Å². The first-order valence-corrected chi connectivity index (χ1v) is 9.16. The summed E-state index contributed by atoms with van der Waals surface area (Å²) in [4.78, 5) is 32.3. The lowest BCUT2D eigenvalue weighted by molar-refractivity contribution is 0.124. The summed E-state index contributed by atoms with van der Waals surface area (Å²) in [7, 11) is 0. The van der Waals surface area contributed by atoms with Crippen molar-refractivity contribution in [3.05, 3.63) is 56.2 Å². The van der Waals surface area contributed by atoms with Crippen LogP contribution >= 0.6 is 0 Å². The molecule has 7 heteroatoms. The third-order valence-corrected chi connectivity index (χ3v) is 4.26. The lowest BCUT2D eigenvalue weighted by Gasteiger charge is -2.13. The standard InChI is InChI=1S/C19H28N4O3/c1-2-3-4-5-6-7-8-14-9-10-16(15(11-14)13-26-20)21-17-12-18(24)23-19(25)22-17/h9-12H,2-8,13,20H2,1H3,(H3,21,22,23,24,25). The number of unbranched alkanes of at least 4 members (excludes halogenated alkanes) is 5. The van der Waals surface area contributed by atoms with Gasteiger partial charge >= 0.3 is 5.69 Å². The molecular formula is C19H28N4O3. The third-order valence-electron chi connectivity index (χ3n) is 4.26. The van der Waals surface area contributed by atoms with E-state index in [4.69, 9.17) is 10.7 Å². The van der Waals surface area contributed by atoms with Crippen molar-refractivity contribution in [2.24, 2.45) is 5.90 Å². The van der Waals surface area contributed by atoms with Crippen LogP contribution in [0.3, 0.4) is 0 Å². The number of H-pyrrole nitrogens is 2. The van der Waals surface area contributed by atoms with Crippen molar-refractivity contribution in [2.75, 3.05) is 5.32 Å². The Morgan fingerprint density at radius 2 is 1.81 bits per heavy atom. The highest BCUT2D eigenvalue weighted by Gasteiger charge is 2.06. The van der Waals surface area contributed by atoms with Gasteiger partial charge in [0, 0.05) is 17.3 Å². The molecule has 0 bridgehead atoms. The highest BCUT2D eigenvalue weighted by Crippen LogP contribution is 2.22. The Balaban J connectivity index is 2.03. The molecule has 0 fully saturated rings. The van der Waals surface area contributed by atoms with E-state index < -0.39 is 11.2 Å². The van der Waals surface area contributed by atoms with Crippen molar-refractivity contribution in [3.8, 4) is 0 Å². The van der Waals surface area contributed by atoms with Crippen LogP contribution in [0.1, 0.15) is 56.6 Å². The van der Waals surface area contributed by atoms with Crippen molar-refractivity contribution in [1.29, 1.82) is 0 Å². The smallest absolute Gasteiger partial charge is 0.327 e. The number of hydrogen-bond donors (Lipinski definition) is 4. The topological polar surface area (TPSA) is 113 Å². The molecule has 0 atom stereocenters. The summed E-state index contributed by atoms with van der Waals surface area (Å²) in [5, 5.41) is 3.05. The Morgan fingerprint density at radius 1 is 1.04 bits per heavy atom. The Labute approximate surface area is 152 Å². The lowest BCUT2D eigenvalue weighted by Crippen LogP contribution is -2.22. The average molecular weight is 360 g/mol. The Morgan fingerprint density at radius 3 is 2.54 bits per heavy atom. The molecule has 0 aliphatic heterocycles. The number of aromatic amines is 2. The number of nitrogens with two attached hydrogens (primary N) is 1. The van der Waals surface area contributed by atoms with Crippen LogP contribution in [0.5, 0.6) is 0 Å². The molecule has 0 saturated heterocycles. The fraction of sp³-hybridized carbons (Fsp3) is 0.474. The maximum Gasteiger partial charge on any atom is 0.327 e. The molecule has 1 heterocycles. The molecule has 0 aliphatic carbocycles. The lowest BCUT2D eigenvalue weighted by atomic mass is 10.0. The van der Waals surface area contributed by atoms with Gasteiger partial charge in [0.2, 0.25) is 0 Å². The second-order valence-electron chi connectivity index (χ2n) is 6.45. The molecule has 26 heavy (non-hydrogen) atoms. The van der Waals surface area contributed by atoms with E-state index in [9.17, 15) is 9.59 Å². The first-order chi connectivity index (χ1) is 12.6. The maximum absolute atomic E-state index is 11.4. The number of rotatable bonds is 11. The van der Waals surface area contributed by atoms with E-state index in [-0.39, 0.29) is 6.61 Å². The molecule has 1 aromatic heterocycles. The molecule has 5 N–H and O–H groups in total. The summed E-state index contributed by atoms with van der Waals surface area (Å²) in [6, 6.07) is 7.30. The number of aryl methyl sites for hydroxylation is 1. The summed E-state index contributed by atoms with van der Waals surface area (Å²) in [5.41, 5.74) is 1.81. The average Bonchev–Trinajstić information content (AvgIpc) is 2.59. The predicted octanol–water partition coefficient (Wildman–Crippen LogP) is 3.10. The molecule has 1 aromatic carbocycles. The van der Waals surface area contributed by atoms with Crippen LogP contribution in [-0.4, -0.2) is 9.97 Å². The molecule has 2 rings (SSSR count). The van der Waals surface area contributed by atoms with Gasteiger partial charge in [-0.1, -0.05) is 51.2 Å². The van der Waals surface area contributed by atoms with E-state index in [1.807, 2.05) is 18.2 Å². The first-order valence-electron chi connectivity index (χ1n) is 9.16. The van der Waals surface area contributed by atoms with Crippen molar-refractivity contribution >= 4 is 11.5 Å². The minimum absolute atomic E-state index is 0.236. The second-order valence-corrected chi connectivity index (χ2v) is 6.45. The molecule has 0 spiro atoms. The zero-order valence-corrected chi connectivity index (χ0v) is 15.3. The van der Waals surface area contributed by atoms with Crippen LogP contribution in [0.15, 0.2) is 33.9 Å². The highest BCUT2D eigenvalue weighted by molar-refractivity contribution is 5.60. The minimum atomic E-state index is -0.559. The molecule has 0 aliphatic rings. The van der Waals surface area contributed by atoms with E-state index in [0.717, 1.165) is 24.1 Å². The summed E-state index contributed by atoms with van der Waals surface area (Å²) in [6.45, 7) is 2.46. The van der Waals surface area contributed by atoms with Gasteiger partial charge in [-0.15, -0.1) is 0 Å². The van der Waals surface area contributed by atoms with Gasteiger partial charge in [0.05, 0.1) is 6.61 Å². The van der Waals surface area contributed by atoms with Gasteiger partial charge in [-0.2, -0.15) is 0 Å². The zero-order valence-electron chi connectivity index (χ0n) is 15.3. The molecule has 7 nitrogen and oxygen atoms in total. The van der Waals surface area contributed by atoms with Crippen LogP contribution < -0.4 is 22.5 Å². The van der Waals surface area contributed by atoms with Gasteiger partial charge < -0.3 is 5.32 Å². The number of aromatic nitrogens is 2. The fourth-order valence-corrected chi connectivity index (χ4v) is 2.92. The number of nitrogens with one attached hydrogen (secondary N) is 3. The van der Waals surface area contributed by atoms with Crippen LogP contribution in [0.4, 0.5) is 11.5 Å². The van der Waals surface area contributed by atoms with Crippen molar-refractivity contribution in [2.45, 2.75) is 58.5 Å². The summed E-state index contributed by atoms with van der Waals surface area (Å²) < 4.78 is 0. The highest BCUT2D eigenvalue weighted by atomic mass is 16.6. The Bertz CT molecular complexity index is 770. The van der Waals surface area contributed by atoms with E-state index >= 15 is 0 Å². The van der Waals surface area contributed by atoms with E-state index in [0.29, 0.717) is 5.82 Å². The van der Waals surface area contributed by atoms with E-state index in [2.05, 4.69) is 22.2 Å². The van der Waals surface area contributed by atoms with Gasteiger partial charge in [-0.05, 0) is 24.5 Å². The van der Waals surface area contributed by atoms with Crippen LogP contribution in [0.2, 0.25) is 0 Å². The van der Waals surface area contributed by atoms with E-state index in [1.165, 1.54) is 43.7 Å². The zero-order chi connectivity index (χ0) is 18.8. The number of anilines is 2. The number of hydrogen-bond acceptors (Lipinski definition) is 5. The van der Waals surface area contributed by atoms with Crippen molar-refractivity contribution in [3.63, 3.8) is 0 Å². The molecule has 0 radical (unpaired) electrons. The second kappa shape index (κ2) is 10.6. The molecule has 0 amide bonds. The van der Waals surface area contributed by atoms with Gasteiger partial charge in [0.15, 0.2) is 0 Å². The molecular weight excluding hydrogens is 332 g/mol. The minimum Gasteiger partial charge on any atom is -0.341 e. The SMILES string of the molecule is CCCCCCCCc1ccc(Nc2cc(=O)[nH]c(=O)[nH]2)c(CON)c1. The Kier molecular flexibility index (Phi) is 8.11. The summed E-state index contributed by atoms with van der Waals surface area (Å²) >= 11 is 0. The molecule has 0 saturated carbocycles. The van der Waals surface area contributed by atoms with Gasteiger partial charge in [0.25, 0.3) is 5.56 Å². The molecule has 142 valence electrons. The normalized spacial score (nSPS) is 10.8. The quantitative estimate of drug-likeness (QED) is 0.363.